The minimum Gasteiger partial charge on any atom is -0.494 e. The van der Waals surface area contributed by atoms with Crippen molar-refractivity contribution in [1.29, 1.82) is 0 Å². The molecule has 0 aliphatic heterocycles. The highest BCUT2D eigenvalue weighted by Gasteiger charge is 2.22. The number of primary amides is 1. The number of rotatable bonds is 8. The Morgan fingerprint density at radius 3 is 2.70 bits per heavy atom. The summed E-state index contributed by atoms with van der Waals surface area (Å²) in [7, 11) is 1.48. The normalized spacial score (nSPS) is 11.3. The van der Waals surface area contributed by atoms with E-state index < -0.39 is 11.8 Å². The molecule has 3 rings (SSSR count). The van der Waals surface area contributed by atoms with Crippen LogP contribution in [0.3, 0.4) is 0 Å². The highest BCUT2D eigenvalue weighted by Crippen LogP contribution is 2.31. The molecular formula is C20H24N6O4. The molecule has 0 atom stereocenters. The van der Waals surface area contributed by atoms with Gasteiger partial charge in [-0.1, -0.05) is 19.1 Å². The molecule has 3 aromatic rings. The quantitative estimate of drug-likeness (QED) is 0.477. The van der Waals surface area contributed by atoms with Gasteiger partial charge in [-0.05, 0) is 18.6 Å². The number of benzene rings is 1. The third-order valence-corrected chi connectivity index (χ3v) is 4.47. The number of nitrogens with zero attached hydrogens (tertiary/aromatic N) is 3. The van der Waals surface area contributed by atoms with Crippen LogP contribution in [0.1, 0.15) is 39.4 Å². The Kier molecular flexibility index (Phi) is 6.17. The smallest absolute Gasteiger partial charge is 0.295 e. The predicted octanol–water partition coefficient (Wildman–Crippen LogP) is 1.77. The van der Waals surface area contributed by atoms with Crippen LogP contribution in [0.25, 0.3) is 11.0 Å². The zero-order valence-corrected chi connectivity index (χ0v) is 17.1. The van der Waals surface area contributed by atoms with Gasteiger partial charge in [-0.2, -0.15) is 0 Å². The van der Waals surface area contributed by atoms with Crippen molar-refractivity contribution < 1.29 is 18.7 Å². The lowest BCUT2D eigenvalue weighted by Gasteiger charge is -2.10. The van der Waals surface area contributed by atoms with E-state index in [1.54, 1.807) is 23.6 Å². The Bertz CT molecular complexity index is 1130. The maximum Gasteiger partial charge on any atom is 0.295 e. The number of nitrogens with two attached hydrogens (primary N) is 2. The summed E-state index contributed by atoms with van der Waals surface area (Å²) in [6, 6.07) is 3.09. The van der Waals surface area contributed by atoms with Crippen molar-refractivity contribution in [2.24, 2.45) is 11.5 Å². The SMILES string of the molecule is CCc1nc(C)oc1C(=O)Nc1nc2cc(C(N)=O)cc(OC)c2n1C/C=C/CN. The fourth-order valence-electron chi connectivity index (χ4n) is 3.12. The van der Waals surface area contributed by atoms with E-state index in [4.69, 9.17) is 20.6 Å². The first kappa shape index (κ1) is 21.1. The second-order valence-corrected chi connectivity index (χ2v) is 6.48. The minimum absolute atomic E-state index is 0.135. The van der Waals surface area contributed by atoms with E-state index in [1.807, 2.05) is 13.0 Å². The molecule has 0 saturated heterocycles. The molecule has 0 aliphatic rings. The molecule has 2 heterocycles. The average molecular weight is 412 g/mol. The van der Waals surface area contributed by atoms with Crippen molar-refractivity contribution in [3.63, 3.8) is 0 Å². The number of aromatic nitrogens is 3. The summed E-state index contributed by atoms with van der Waals surface area (Å²) in [4.78, 5) is 33.2. The van der Waals surface area contributed by atoms with Crippen LogP contribution in [-0.2, 0) is 13.0 Å². The number of allylic oxidation sites excluding steroid dienone is 1. The van der Waals surface area contributed by atoms with Crippen LogP contribution in [0.2, 0.25) is 0 Å². The predicted molar refractivity (Wildman–Crippen MR) is 112 cm³/mol. The van der Waals surface area contributed by atoms with Crippen molar-refractivity contribution in [2.45, 2.75) is 26.8 Å². The molecule has 0 unspecified atom stereocenters. The van der Waals surface area contributed by atoms with E-state index in [0.717, 1.165) is 0 Å². The number of amides is 2. The van der Waals surface area contributed by atoms with Crippen molar-refractivity contribution >= 4 is 28.8 Å². The van der Waals surface area contributed by atoms with Gasteiger partial charge in [-0.25, -0.2) is 9.97 Å². The number of anilines is 1. The van der Waals surface area contributed by atoms with Crippen LogP contribution >= 0.6 is 0 Å². The number of aryl methyl sites for hydroxylation is 2. The van der Waals surface area contributed by atoms with Crippen molar-refractivity contribution in [3.8, 4) is 5.75 Å². The number of carbonyl (C=O) groups is 2. The maximum atomic E-state index is 12.9. The Morgan fingerprint density at radius 2 is 2.07 bits per heavy atom. The van der Waals surface area contributed by atoms with Crippen LogP contribution in [0, 0.1) is 6.92 Å². The summed E-state index contributed by atoms with van der Waals surface area (Å²) < 4.78 is 12.7. The lowest BCUT2D eigenvalue weighted by Crippen LogP contribution is -2.17. The van der Waals surface area contributed by atoms with Crippen molar-refractivity contribution in [3.05, 3.63) is 47.2 Å². The molecule has 10 nitrogen and oxygen atoms in total. The molecule has 0 spiro atoms. The average Bonchev–Trinajstić information content (AvgIpc) is 3.27. The third-order valence-electron chi connectivity index (χ3n) is 4.47. The number of carbonyl (C=O) groups excluding carboxylic acids is 2. The number of hydrogen-bond donors (Lipinski definition) is 3. The fourth-order valence-corrected chi connectivity index (χ4v) is 3.12. The van der Waals surface area contributed by atoms with E-state index in [9.17, 15) is 9.59 Å². The van der Waals surface area contributed by atoms with E-state index in [2.05, 4.69) is 15.3 Å². The zero-order chi connectivity index (χ0) is 21.8. The van der Waals surface area contributed by atoms with E-state index >= 15 is 0 Å². The second-order valence-electron chi connectivity index (χ2n) is 6.48. The first-order chi connectivity index (χ1) is 14.4. The van der Waals surface area contributed by atoms with Crippen molar-refractivity contribution in [2.75, 3.05) is 19.0 Å². The number of ether oxygens (including phenoxy) is 1. The van der Waals surface area contributed by atoms with Crippen LogP contribution in [0.15, 0.2) is 28.7 Å². The molecule has 0 radical (unpaired) electrons. The van der Waals surface area contributed by atoms with Gasteiger partial charge in [0.1, 0.15) is 11.3 Å². The van der Waals surface area contributed by atoms with E-state index in [0.29, 0.717) is 47.9 Å². The summed E-state index contributed by atoms with van der Waals surface area (Å²) >= 11 is 0. The molecule has 1 aromatic carbocycles. The van der Waals surface area contributed by atoms with Gasteiger partial charge in [0.05, 0.1) is 18.3 Å². The Labute approximate surface area is 172 Å². The van der Waals surface area contributed by atoms with Gasteiger partial charge in [0.2, 0.25) is 17.6 Å². The molecule has 0 fully saturated rings. The molecule has 10 heteroatoms. The van der Waals surface area contributed by atoms with Gasteiger partial charge in [0, 0.05) is 25.6 Å². The number of nitrogens with one attached hydrogen (secondary N) is 1. The van der Waals surface area contributed by atoms with Crippen LogP contribution in [-0.4, -0.2) is 40.0 Å². The summed E-state index contributed by atoms with van der Waals surface area (Å²) in [6.07, 6.45) is 4.18. The summed E-state index contributed by atoms with van der Waals surface area (Å²) in [5.74, 6) is 0.122. The third kappa shape index (κ3) is 4.03. The van der Waals surface area contributed by atoms with E-state index in [-0.39, 0.29) is 17.3 Å². The molecule has 2 amide bonds. The first-order valence-electron chi connectivity index (χ1n) is 9.40. The molecule has 0 saturated carbocycles. The van der Waals surface area contributed by atoms with Gasteiger partial charge >= 0.3 is 0 Å². The van der Waals surface area contributed by atoms with Crippen LogP contribution < -0.4 is 21.5 Å². The number of imidazole rings is 1. The topological polar surface area (TPSA) is 151 Å². The summed E-state index contributed by atoms with van der Waals surface area (Å²) in [6.45, 7) is 4.30. The Morgan fingerprint density at radius 1 is 1.30 bits per heavy atom. The minimum atomic E-state index is -0.608. The second kappa shape index (κ2) is 8.78. The molecule has 0 bridgehead atoms. The first-order valence-corrected chi connectivity index (χ1v) is 9.40. The fraction of sp³-hybridized carbons (Fsp3) is 0.300. The standard InChI is InChI=1S/C20H24N6O4/c1-4-13-17(30-11(2)23-13)19(28)25-20-24-14-9-12(18(22)27)10-15(29-3)16(14)26(20)8-6-5-7-21/h5-6,9-10H,4,7-8,21H2,1-3H3,(H2,22,27)(H,24,25,28)/b6-5+. The van der Waals surface area contributed by atoms with Crippen molar-refractivity contribution in [1.82, 2.24) is 14.5 Å². The maximum absolute atomic E-state index is 12.9. The highest BCUT2D eigenvalue weighted by molar-refractivity contribution is 6.04. The Hall–Kier alpha value is -3.66. The molecule has 158 valence electrons. The number of methoxy groups -OCH3 is 1. The van der Waals surface area contributed by atoms with Gasteiger partial charge in [0.15, 0.2) is 5.89 Å². The summed E-state index contributed by atoms with van der Waals surface area (Å²) in [5.41, 5.74) is 12.8. The lowest BCUT2D eigenvalue weighted by molar-refractivity contribution is 0.0988. The number of fused-ring (bicyclic) bond motifs is 1. The lowest BCUT2D eigenvalue weighted by atomic mass is 10.1. The molecule has 2 aromatic heterocycles. The molecule has 0 aliphatic carbocycles. The van der Waals surface area contributed by atoms with Gasteiger partial charge in [0.25, 0.3) is 5.91 Å². The zero-order valence-electron chi connectivity index (χ0n) is 17.1. The van der Waals surface area contributed by atoms with E-state index in [1.165, 1.54) is 13.2 Å². The Balaban J connectivity index is 2.11. The summed E-state index contributed by atoms with van der Waals surface area (Å²) in [5, 5.41) is 2.77. The highest BCUT2D eigenvalue weighted by atomic mass is 16.5. The van der Waals surface area contributed by atoms with Crippen LogP contribution in [0.5, 0.6) is 5.75 Å². The number of hydrogen-bond acceptors (Lipinski definition) is 7. The number of oxazole rings is 1. The van der Waals surface area contributed by atoms with Crippen LogP contribution in [0.4, 0.5) is 5.95 Å². The monoisotopic (exact) mass is 412 g/mol. The molecule has 5 N–H and O–H groups in total. The largest absolute Gasteiger partial charge is 0.494 e. The van der Waals surface area contributed by atoms with Gasteiger partial charge in [-0.3, -0.25) is 14.9 Å². The molecule has 30 heavy (non-hydrogen) atoms. The van der Waals surface area contributed by atoms with Gasteiger partial charge in [-0.15, -0.1) is 0 Å². The molecular weight excluding hydrogens is 388 g/mol. The van der Waals surface area contributed by atoms with Gasteiger partial charge < -0.3 is 25.2 Å².